The Morgan fingerprint density at radius 3 is 2.57 bits per heavy atom. The smallest absolute Gasteiger partial charge is 0.249 e. The summed E-state index contributed by atoms with van der Waals surface area (Å²) in [4.78, 5) is 11.0. The van der Waals surface area contributed by atoms with Gasteiger partial charge >= 0.3 is 0 Å². The number of rotatable bonds is 2. The van der Waals surface area contributed by atoms with Crippen LogP contribution in [0.3, 0.4) is 0 Å². The number of amides is 1. The van der Waals surface area contributed by atoms with Crippen LogP contribution in [0.2, 0.25) is 0 Å². The van der Waals surface area contributed by atoms with Crippen LogP contribution in [-0.2, 0) is 0 Å². The molecular formula is C9H6Br2FNO. The van der Waals surface area contributed by atoms with E-state index >= 15 is 0 Å². The Balaban J connectivity index is 3.29. The second kappa shape index (κ2) is 4.70. The number of hydrogen-bond donors (Lipinski definition) is 1. The third-order valence-electron chi connectivity index (χ3n) is 1.55. The summed E-state index contributed by atoms with van der Waals surface area (Å²) in [7, 11) is 0. The largest absolute Gasteiger partial charge is 0.366 e. The zero-order chi connectivity index (χ0) is 10.7. The summed E-state index contributed by atoms with van der Waals surface area (Å²) in [6, 6.07) is 3.86. The Bertz CT molecular complexity index is 400. The highest BCUT2D eigenvalue weighted by molar-refractivity contribution is 9.28. The third kappa shape index (κ3) is 2.92. The van der Waals surface area contributed by atoms with Crippen LogP contribution in [0.15, 0.2) is 21.6 Å². The van der Waals surface area contributed by atoms with Gasteiger partial charge in [-0.2, -0.15) is 0 Å². The van der Waals surface area contributed by atoms with Gasteiger partial charge in [-0.3, -0.25) is 4.79 Å². The number of carbonyl (C=O) groups is 1. The molecule has 0 bridgehead atoms. The average molecular weight is 323 g/mol. The van der Waals surface area contributed by atoms with E-state index in [1.54, 1.807) is 6.08 Å². The van der Waals surface area contributed by atoms with Crippen molar-refractivity contribution in [1.82, 2.24) is 0 Å². The summed E-state index contributed by atoms with van der Waals surface area (Å²) in [5.41, 5.74) is 5.81. The highest BCUT2D eigenvalue weighted by atomic mass is 79.9. The maximum atomic E-state index is 12.8. The molecule has 0 saturated carbocycles. The van der Waals surface area contributed by atoms with E-state index in [4.69, 9.17) is 5.73 Å². The molecule has 2 N–H and O–H groups in total. The third-order valence-corrected chi connectivity index (χ3v) is 2.00. The normalized spacial score (nSPS) is 9.64. The number of carbonyl (C=O) groups excluding carboxylic acids is 1. The molecule has 5 heteroatoms. The lowest BCUT2D eigenvalue weighted by molar-refractivity contribution is 0.0999. The SMILES string of the molecule is NC(=O)c1cc(F)ccc1C=C(Br)Br. The quantitative estimate of drug-likeness (QED) is 0.893. The summed E-state index contributed by atoms with van der Waals surface area (Å²) in [5, 5.41) is 0. The minimum Gasteiger partial charge on any atom is -0.366 e. The maximum Gasteiger partial charge on any atom is 0.249 e. The van der Waals surface area contributed by atoms with Crippen molar-refractivity contribution in [3.8, 4) is 0 Å². The Morgan fingerprint density at radius 1 is 1.43 bits per heavy atom. The zero-order valence-corrected chi connectivity index (χ0v) is 10.1. The van der Waals surface area contributed by atoms with E-state index in [1.165, 1.54) is 12.1 Å². The molecule has 0 aromatic heterocycles. The molecule has 1 amide bonds. The van der Waals surface area contributed by atoms with E-state index in [2.05, 4.69) is 31.9 Å². The van der Waals surface area contributed by atoms with Crippen LogP contribution in [0.1, 0.15) is 15.9 Å². The lowest BCUT2D eigenvalue weighted by Gasteiger charge is -2.01. The molecule has 0 saturated heterocycles. The summed E-state index contributed by atoms with van der Waals surface area (Å²) in [6.45, 7) is 0. The van der Waals surface area contributed by atoms with Crippen molar-refractivity contribution in [2.45, 2.75) is 0 Å². The lowest BCUT2D eigenvalue weighted by Crippen LogP contribution is -2.12. The summed E-state index contributed by atoms with van der Waals surface area (Å²) >= 11 is 6.29. The molecular weight excluding hydrogens is 317 g/mol. The van der Waals surface area contributed by atoms with Crippen LogP contribution in [0.5, 0.6) is 0 Å². The van der Waals surface area contributed by atoms with E-state index in [0.717, 1.165) is 6.07 Å². The average Bonchev–Trinajstić information content (AvgIpc) is 2.07. The summed E-state index contributed by atoms with van der Waals surface area (Å²) in [6.07, 6.45) is 1.62. The van der Waals surface area contributed by atoms with Gasteiger partial charge < -0.3 is 5.73 Å². The van der Waals surface area contributed by atoms with Crippen molar-refractivity contribution in [2.75, 3.05) is 0 Å². The van der Waals surface area contributed by atoms with Gasteiger partial charge in [0.1, 0.15) is 5.82 Å². The van der Waals surface area contributed by atoms with E-state index in [9.17, 15) is 9.18 Å². The fraction of sp³-hybridized carbons (Fsp3) is 0. The molecule has 0 radical (unpaired) electrons. The fourth-order valence-corrected chi connectivity index (χ4v) is 1.48. The standard InChI is InChI=1S/C9H6Br2FNO/c10-8(11)3-5-1-2-6(12)4-7(5)9(13)14/h1-4H,(H2,13,14). The van der Waals surface area contributed by atoms with Crippen molar-refractivity contribution in [3.63, 3.8) is 0 Å². The molecule has 0 fully saturated rings. The van der Waals surface area contributed by atoms with E-state index in [0.29, 0.717) is 8.96 Å². The number of nitrogens with two attached hydrogens (primary N) is 1. The Hall–Kier alpha value is -0.680. The first kappa shape index (κ1) is 11.4. The van der Waals surface area contributed by atoms with Crippen molar-refractivity contribution in [2.24, 2.45) is 5.73 Å². The lowest BCUT2D eigenvalue weighted by atomic mass is 10.1. The molecule has 2 nitrogen and oxygen atoms in total. The van der Waals surface area contributed by atoms with Gasteiger partial charge in [-0.05, 0) is 55.6 Å². The molecule has 74 valence electrons. The van der Waals surface area contributed by atoms with Gasteiger partial charge in [0.15, 0.2) is 0 Å². The highest BCUT2D eigenvalue weighted by Gasteiger charge is 2.07. The molecule has 0 unspecified atom stereocenters. The molecule has 0 aliphatic carbocycles. The molecule has 1 aromatic rings. The fourth-order valence-electron chi connectivity index (χ4n) is 0.985. The first-order valence-electron chi connectivity index (χ1n) is 3.63. The molecule has 14 heavy (non-hydrogen) atoms. The maximum absolute atomic E-state index is 12.8. The van der Waals surface area contributed by atoms with Gasteiger partial charge in [0.05, 0.1) is 3.39 Å². The summed E-state index contributed by atoms with van der Waals surface area (Å²) in [5.74, 6) is -1.14. The predicted octanol–water partition coefficient (Wildman–Crippen LogP) is 3.01. The topological polar surface area (TPSA) is 43.1 Å². The van der Waals surface area contributed by atoms with E-state index in [-0.39, 0.29) is 5.56 Å². The van der Waals surface area contributed by atoms with E-state index in [1.807, 2.05) is 0 Å². The summed E-state index contributed by atoms with van der Waals surface area (Å²) < 4.78 is 13.4. The number of halogens is 3. The zero-order valence-electron chi connectivity index (χ0n) is 6.93. The van der Waals surface area contributed by atoms with Gasteiger partial charge in [-0.15, -0.1) is 0 Å². The second-order valence-electron chi connectivity index (χ2n) is 2.53. The first-order valence-corrected chi connectivity index (χ1v) is 5.21. The van der Waals surface area contributed by atoms with Crippen molar-refractivity contribution < 1.29 is 9.18 Å². The van der Waals surface area contributed by atoms with Crippen LogP contribution < -0.4 is 5.73 Å². The van der Waals surface area contributed by atoms with Gasteiger partial charge in [-0.25, -0.2) is 4.39 Å². The van der Waals surface area contributed by atoms with Crippen molar-refractivity contribution >= 4 is 43.8 Å². The number of benzene rings is 1. The number of primary amides is 1. The van der Waals surface area contributed by atoms with Crippen LogP contribution in [0.4, 0.5) is 4.39 Å². The van der Waals surface area contributed by atoms with Gasteiger partial charge in [0.2, 0.25) is 5.91 Å². The van der Waals surface area contributed by atoms with Crippen molar-refractivity contribution in [3.05, 3.63) is 38.5 Å². The molecule has 0 aliphatic heterocycles. The molecule has 0 spiro atoms. The van der Waals surface area contributed by atoms with Gasteiger partial charge in [-0.1, -0.05) is 6.07 Å². The Labute approximate surface area is 97.2 Å². The van der Waals surface area contributed by atoms with E-state index < -0.39 is 11.7 Å². The van der Waals surface area contributed by atoms with Crippen molar-refractivity contribution in [1.29, 1.82) is 0 Å². The molecule has 0 atom stereocenters. The monoisotopic (exact) mass is 321 g/mol. The Morgan fingerprint density at radius 2 is 2.07 bits per heavy atom. The van der Waals surface area contributed by atoms with Gasteiger partial charge in [0, 0.05) is 5.56 Å². The predicted molar refractivity (Wildman–Crippen MR) is 60.7 cm³/mol. The van der Waals surface area contributed by atoms with Crippen LogP contribution in [0.25, 0.3) is 6.08 Å². The Kier molecular flexibility index (Phi) is 3.83. The van der Waals surface area contributed by atoms with Crippen LogP contribution >= 0.6 is 31.9 Å². The minimum absolute atomic E-state index is 0.154. The van der Waals surface area contributed by atoms with Gasteiger partial charge in [0.25, 0.3) is 0 Å². The van der Waals surface area contributed by atoms with Crippen LogP contribution in [-0.4, -0.2) is 5.91 Å². The second-order valence-corrected chi connectivity index (χ2v) is 5.30. The molecule has 1 rings (SSSR count). The minimum atomic E-state index is -0.656. The van der Waals surface area contributed by atoms with Crippen LogP contribution in [0, 0.1) is 5.82 Å². The highest BCUT2D eigenvalue weighted by Crippen LogP contribution is 2.21. The number of hydrogen-bond acceptors (Lipinski definition) is 1. The molecule has 0 aliphatic rings. The first-order chi connectivity index (χ1) is 6.50. The molecule has 0 heterocycles. The molecule has 1 aromatic carbocycles.